The van der Waals surface area contributed by atoms with E-state index < -0.39 is 0 Å². The van der Waals surface area contributed by atoms with Gasteiger partial charge >= 0.3 is 0 Å². The van der Waals surface area contributed by atoms with E-state index in [9.17, 15) is 14.4 Å². The Bertz CT molecular complexity index is 1080. The van der Waals surface area contributed by atoms with Crippen molar-refractivity contribution in [2.75, 3.05) is 4.90 Å². The minimum Gasteiger partial charge on any atom is -0.289 e. The van der Waals surface area contributed by atoms with Crippen LogP contribution in [-0.2, 0) is 0 Å². The molecular formula is C23H17NO3. The maximum atomic E-state index is 12.9. The number of imide groups is 1. The topological polar surface area (TPSA) is 54.5 Å². The van der Waals surface area contributed by atoms with Crippen LogP contribution in [0.2, 0.25) is 0 Å². The third kappa shape index (κ3) is 2.75. The molecule has 4 heteroatoms. The number of hydrogen-bond acceptors (Lipinski definition) is 3. The van der Waals surface area contributed by atoms with Crippen molar-refractivity contribution in [2.24, 2.45) is 0 Å². The fraction of sp³-hybridized carbons (Fsp3) is 0.0870. The summed E-state index contributed by atoms with van der Waals surface area (Å²) in [4.78, 5) is 39.3. The van der Waals surface area contributed by atoms with Crippen molar-refractivity contribution in [3.63, 3.8) is 0 Å². The van der Waals surface area contributed by atoms with E-state index in [2.05, 4.69) is 0 Å². The van der Waals surface area contributed by atoms with Crippen molar-refractivity contribution in [1.29, 1.82) is 0 Å². The first-order chi connectivity index (χ1) is 13.0. The fourth-order valence-electron chi connectivity index (χ4n) is 3.26. The highest BCUT2D eigenvalue weighted by molar-refractivity contribution is 6.34. The zero-order valence-electron chi connectivity index (χ0n) is 15.0. The average molecular weight is 355 g/mol. The summed E-state index contributed by atoms with van der Waals surface area (Å²) in [6.07, 6.45) is 0. The van der Waals surface area contributed by atoms with Gasteiger partial charge in [-0.3, -0.25) is 14.4 Å². The molecule has 27 heavy (non-hydrogen) atoms. The van der Waals surface area contributed by atoms with Crippen LogP contribution in [0.3, 0.4) is 0 Å². The number of carbonyl (C=O) groups is 3. The first kappa shape index (κ1) is 16.9. The Morgan fingerprint density at radius 3 is 1.96 bits per heavy atom. The maximum Gasteiger partial charge on any atom is 0.266 e. The monoisotopic (exact) mass is 355 g/mol. The Kier molecular flexibility index (Phi) is 3.96. The van der Waals surface area contributed by atoms with Gasteiger partial charge in [-0.05, 0) is 55.3 Å². The molecule has 0 atom stereocenters. The quantitative estimate of drug-likeness (QED) is 0.519. The molecule has 0 saturated carbocycles. The van der Waals surface area contributed by atoms with Gasteiger partial charge in [0.05, 0.1) is 16.8 Å². The van der Waals surface area contributed by atoms with Gasteiger partial charge in [0.1, 0.15) is 0 Å². The number of rotatable bonds is 3. The number of carbonyl (C=O) groups excluding carboxylic acids is 3. The van der Waals surface area contributed by atoms with Gasteiger partial charge in [-0.1, -0.05) is 36.4 Å². The summed E-state index contributed by atoms with van der Waals surface area (Å²) >= 11 is 0. The molecule has 1 heterocycles. The van der Waals surface area contributed by atoms with Crippen LogP contribution in [0.25, 0.3) is 0 Å². The second-order valence-corrected chi connectivity index (χ2v) is 6.67. The number of benzene rings is 3. The lowest BCUT2D eigenvalue weighted by Gasteiger charge is -2.15. The van der Waals surface area contributed by atoms with Crippen molar-refractivity contribution in [3.05, 3.63) is 100 Å². The molecule has 4 nitrogen and oxygen atoms in total. The Morgan fingerprint density at radius 2 is 1.33 bits per heavy atom. The highest BCUT2D eigenvalue weighted by Crippen LogP contribution is 2.29. The van der Waals surface area contributed by atoms with Gasteiger partial charge in [0, 0.05) is 11.1 Å². The molecule has 0 fully saturated rings. The molecular weight excluding hydrogens is 338 g/mol. The van der Waals surface area contributed by atoms with Gasteiger partial charge in [-0.15, -0.1) is 0 Å². The summed E-state index contributed by atoms with van der Waals surface area (Å²) in [6, 6.07) is 18.9. The second kappa shape index (κ2) is 6.32. The van der Waals surface area contributed by atoms with Gasteiger partial charge in [0.15, 0.2) is 5.78 Å². The zero-order chi connectivity index (χ0) is 19.1. The molecule has 0 unspecified atom stereocenters. The first-order valence-electron chi connectivity index (χ1n) is 8.67. The lowest BCUT2D eigenvalue weighted by atomic mass is 9.99. The Hall–Kier alpha value is -3.53. The zero-order valence-corrected chi connectivity index (χ0v) is 15.0. The van der Waals surface area contributed by atoms with E-state index in [0.29, 0.717) is 27.9 Å². The first-order valence-corrected chi connectivity index (χ1v) is 8.67. The van der Waals surface area contributed by atoms with E-state index in [0.717, 1.165) is 16.0 Å². The maximum absolute atomic E-state index is 12.9. The SMILES string of the molecule is Cc1ccc(C(=O)c2cccc(N3C(=O)c4ccccc4C3=O)c2)cc1C. The molecule has 0 aromatic heterocycles. The predicted molar refractivity (Wildman–Crippen MR) is 103 cm³/mol. The highest BCUT2D eigenvalue weighted by atomic mass is 16.2. The molecule has 0 N–H and O–H groups in total. The number of amides is 2. The molecule has 0 spiro atoms. The van der Waals surface area contributed by atoms with Crippen LogP contribution < -0.4 is 4.90 Å². The summed E-state index contributed by atoms with van der Waals surface area (Å²) < 4.78 is 0. The summed E-state index contributed by atoms with van der Waals surface area (Å²) in [6.45, 7) is 3.95. The van der Waals surface area contributed by atoms with Crippen molar-refractivity contribution in [2.45, 2.75) is 13.8 Å². The summed E-state index contributed by atoms with van der Waals surface area (Å²) in [5.74, 6) is -0.880. The molecule has 0 bridgehead atoms. The number of aryl methyl sites for hydroxylation is 2. The smallest absolute Gasteiger partial charge is 0.266 e. The molecule has 132 valence electrons. The minimum absolute atomic E-state index is 0.142. The normalized spacial score (nSPS) is 13.0. The second-order valence-electron chi connectivity index (χ2n) is 6.67. The molecule has 1 aliphatic heterocycles. The van der Waals surface area contributed by atoms with E-state index in [-0.39, 0.29) is 17.6 Å². The van der Waals surface area contributed by atoms with Gasteiger partial charge in [-0.25, -0.2) is 4.90 Å². The van der Waals surface area contributed by atoms with Gasteiger partial charge in [0.2, 0.25) is 0 Å². The van der Waals surface area contributed by atoms with E-state index >= 15 is 0 Å². The van der Waals surface area contributed by atoms with E-state index in [1.165, 1.54) is 0 Å². The highest BCUT2D eigenvalue weighted by Gasteiger charge is 2.36. The van der Waals surface area contributed by atoms with Crippen LogP contribution >= 0.6 is 0 Å². The molecule has 0 aliphatic carbocycles. The third-order valence-electron chi connectivity index (χ3n) is 4.93. The van der Waals surface area contributed by atoms with E-state index in [4.69, 9.17) is 0 Å². The molecule has 0 saturated heterocycles. The van der Waals surface area contributed by atoms with Gasteiger partial charge in [0.25, 0.3) is 11.8 Å². The summed E-state index contributed by atoms with van der Waals surface area (Å²) in [7, 11) is 0. The van der Waals surface area contributed by atoms with Crippen molar-refractivity contribution >= 4 is 23.3 Å². The number of ketones is 1. The van der Waals surface area contributed by atoms with Gasteiger partial charge < -0.3 is 0 Å². The Labute approximate surface area is 157 Å². The molecule has 3 aromatic carbocycles. The van der Waals surface area contributed by atoms with Crippen molar-refractivity contribution in [3.8, 4) is 0 Å². The van der Waals surface area contributed by atoms with Crippen LogP contribution in [0.15, 0.2) is 66.7 Å². The molecule has 4 rings (SSSR count). The van der Waals surface area contributed by atoms with Crippen LogP contribution in [0, 0.1) is 13.8 Å². The lowest BCUT2D eigenvalue weighted by Crippen LogP contribution is -2.29. The van der Waals surface area contributed by atoms with Crippen molar-refractivity contribution in [1.82, 2.24) is 0 Å². The largest absolute Gasteiger partial charge is 0.289 e. The summed E-state index contributed by atoms with van der Waals surface area (Å²) in [5.41, 5.74) is 4.34. The fourth-order valence-corrected chi connectivity index (χ4v) is 3.26. The predicted octanol–water partition coefficient (Wildman–Crippen LogP) is 4.34. The van der Waals surface area contributed by atoms with Crippen LogP contribution in [-0.4, -0.2) is 17.6 Å². The molecule has 1 aliphatic rings. The third-order valence-corrected chi connectivity index (χ3v) is 4.93. The minimum atomic E-state index is -0.369. The number of fused-ring (bicyclic) bond motifs is 1. The van der Waals surface area contributed by atoms with Crippen LogP contribution in [0.4, 0.5) is 5.69 Å². The van der Waals surface area contributed by atoms with Crippen LogP contribution in [0.1, 0.15) is 47.8 Å². The Balaban J connectivity index is 1.71. The molecule has 2 amide bonds. The number of hydrogen-bond donors (Lipinski definition) is 0. The number of anilines is 1. The number of nitrogens with zero attached hydrogens (tertiary/aromatic N) is 1. The van der Waals surface area contributed by atoms with Crippen LogP contribution in [0.5, 0.6) is 0 Å². The van der Waals surface area contributed by atoms with Crippen molar-refractivity contribution < 1.29 is 14.4 Å². The Morgan fingerprint density at radius 1 is 0.704 bits per heavy atom. The van der Waals surface area contributed by atoms with E-state index in [1.54, 1.807) is 54.6 Å². The average Bonchev–Trinajstić information content (AvgIpc) is 2.94. The molecule has 3 aromatic rings. The lowest BCUT2D eigenvalue weighted by molar-refractivity contribution is 0.0924. The standard InChI is InChI=1S/C23H17NO3/c1-14-10-11-17(12-15(14)2)21(25)16-6-5-7-18(13-16)24-22(26)19-8-3-4-9-20(19)23(24)27/h3-13H,1-2H3. The van der Waals surface area contributed by atoms with E-state index in [1.807, 2.05) is 26.0 Å². The van der Waals surface area contributed by atoms with Gasteiger partial charge in [-0.2, -0.15) is 0 Å². The summed E-state index contributed by atoms with van der Waals surface area (Å²) in [5, 5.41) is 0. The molecule has 0 radical (unpaired) electrons.